The van der Waals surface area contributed by atoms with E-state index >= 15 is 0 Å². The van der Waals surface area contributed by atoms with Crippen molar-refractivity contribution in [3.05, 3.63) is 36.1 Å². The molecule has 9 atom stereocenters. The van der Waals surface area contributed by atoms with Crippen LogP contribution in [-0.2, 0) is 14.3 Å². The van der Waals surface area contributed by atoms with Crippen molar-refractivity contribution in [2.24, 2.45) is 28.1 Å². The van der Waals surface area contributed by atoms with Gasteiger partial charge < -0.3 is 24.8 Å². The molecule has 3 aliphatic carbocycles. The lowest BCUT2D eigenvalue weighted by Crippen LogP contribution is -2.58. The largest absolute Gasteiger partial charge is 0.459 e. The van der Waals surface area contributed by atoms with Crippen molar-refractivity contribution in [1.29, 1.82) is 0 Å². The summed E-state index contributed by atoms with van der Waals surface area (Å²) in [5.74, 6) is 0.654. The molecule has 1 aliphatic heterocycles. The Labute approximate surface area is 191 Å². The monoisotopic (exact) mass is 446 g/mol. The Morgan fingerprint density at radius 1 is 1.22 bits per heavy atom. The van der Waals surface area contributed by atoms with Crippen LogP contribution in [0.25, 0.3) is 0 Å². The Morgan fingerprint density at radius 3 is 2.66 bits per heavy atom. The third-order valence-electron chi connectivity index (χ3n) is 9.16. The molecule has 5 unspecified atom stereocenters. The van der Waals surface area contributed by atoms with Crippen molar-refractivity contribution in [3.8, 4) is 0 Å². The number of allylic oxidation sites excluding steroid dienone is 4. The average Bonchev–Trinajstić information content (AvgIpc) is 2.77. The summed E-state index contributed by atoms with van der Waals surface area (Å²) in [4.78, 5) is 11.1. The smallest absolute Gasteiger partial charge is 0.229 e. The molecule has 32 heavy (non-hydrogen) atoms. The molecule has 178 valence electrons. The molecule has 0 spiro atoms. The number of aliphatic hydroxyl groups excluding tert-OH is 3. The van der Waals surface area contributed by atoms with Gasteiger partial charge in [0.2, 0.25) is 6.29 Å². The first kappa shape index (κ1) is 23.7. The molecule has 6 heteroatoms. The molecule has 0 bridgehead atoms. The second-order valence-corrected chi connectivity index (χ2v) is 11.2. The highest BCUT2D eigenvalue weighted by molar-refractivity contribution is 5.70. The molecule has 0 aromatic rings. The Balaban J connectivity index is 1.56. The normalized spacial score (nSPS) is 48.4. The minimum atomic E-state index is -1.29. The topological polar surface area (TPSA) is 96.2 Å². The highest BCUT2D eigenvalue weighted by atomic mass is 16.7. The molecule has 0 radical (unpaired) electrons. The van der Waals surface area contributed by atoms with Gasteiger partial charge in [-0.05, 0) is 67.3 Å². The Kier molecular flexibility index (Phi) is 6.21. The second kappa shape index (κ2) is 8.39. The molecule has 1 heterocycles. The maximum atomic E-state index is 11.1. The van der Waals surface area contributed by atoms with Crippen molar-refractivity contribution >= 4 is 6.29 Å². The molecule has 6 nitrogen and oxygen atoms in total. The molecule has 2 saturated carbocycles. The van der Waals surface area contributed by atoms with E-state index in [0.29, 0.717) is 18.6 Å². The van der Waals surface area contributed by atoms with Crippen LogP contribution in [0.1, 0.15) is 59.3 Å². The lowest BCUT2D eigenvalue weighted by Gasteiger charge is -2.61. The van der Waals surface area contributed by atoms with E-state index in [2.05, 4.69) is 39.5 Å². The van der Waals surface area contributed by atoms with Gasteiger partial charge in [0.1, 0.15) is 12.2 Å². The minimum Gasteiger partial charge on any atom is -0.459 e. The number of hydrogen-bond donors (Lipinski definition) is 3. The van der Waals surface area contributed by atoms with Crippen LogP contribution in [0.4, 0.5) is 0 Å². The van der Waals surface area contributed by atoms with Gasteiger partial charge in [-0.3, -0.25) is 4.79 Å². The number of carbonyl (C=O) groups excluding carboxylic acids is 1. The summed E-state index contributed by atoms with van der Waals surface area (Å²) in [5, 5.41) is 31.4. The quantitative estimate of drug-likeness (QED) is 0.443. The van der Waals surface area contributed by atoms with Gasteiger partial charge in [-0.25, -0.2) is 0 Å². The van der Waals surface area contributed by atoms with Crippen LogP contribution < -0.4 is 0 Å². The zero-order valence-electron chi connectivity index (χ0n) is 19.5. The second-order valence-electron chi connectivity index (χ2n) is 11.2. The summed E-state index contributed by atoms with van der Waals surface area (Å²) < 4.78 is 11.4. The van der Waals surface area contributed by atoms with Crippen LogP contribution in [0.2, 0.25) is 0 Å². The fourth-order valence-electron chi connectivity index (χ4n) is 6.97. The number of aliphatic hydroxyl groups is 3. The van der Waals surface area contributed by atoms with Crippen LogP contribution in [0.3, 0.4) is 0 Å². The van der Waals surface area contributed by atoms with E-state index in [0.717, 1.165) is 32.1 Å². The van der Waals surface area contributed by atoms with Gasteiger partial charge in [0.05, 0.1) is 12.7 Å². The van der Waals surface area contributed by atoms with Crippen LogP contribution >= 0.6 is 0 Å². The van der Waals surface area contributed by atoms with E-state index in [9.17, 15) is 20.1 Å². The molecule has 0 amide bonds. The number of aldehydes is 1. The van der Waals surface area contributed by atoms with Crippen LogP contribution in [0.15, 0.2) is 36.1 Å². The number of ether oxygens (including phenoxy) is 2. The van der Waals surface area contributed by atoms with Gasteiger partial charge in [-0.2, -0.15) is 0 Å². The highest BCUT2D eigenvalue weighted by Crippen LogP contribution is 2.63. The minimum absolute atomic E-state index is 0.0512. The lowest BCUT2D eigenvalue weighted by atomic mass is 9.45. The van der Waals surface area contributed by atoms with Crippen LogP contribution in [0.5, 0.6) is 0 Å². The first-order valence-corrected chi connectivity index (χ1v) is 11.9. The van der Waals surface area contributed by atoms with Gasteiger partial charge in [0.25, 0.3) is 0 Å². The lowest BCUT2D eigenvalue weighted by molar-refractivity contribution is -0.237. The fourth-order valence-corrected chi connectivity index (χ4v) is 6.97. The van der Waals surface area contributed by atoms with Gasteiger partial charge in [0, 0.05) is 5.41 Å². The van der Waals surface area contributed by atoms with Crippen LogP contribution in [-0.4, -0.2) is 52.8 Å². The summed E-state index contributed by atoms with van der Waals surface area (Å²) >= 11 is 0. The van der Waals surface area contributed by atoms with E-state index in [1.807, 2.05) is 0 Å². The highest BCUT2D eigenvalue weighted by Gasteiger charge is 2.58. The van der Waals surface area contributed by atoms with E-state index in [1.54, 1.807) is 0 Å². The predicted molar refractivity (Wildman–Crippen MR) is 120 cm³/mol. The van der Waals surface area contributed by atoms with Crippen molar-refractivity contribution in [1.82, 2.24) is 0 Å². The fraction of sp³-hybridized carbons (Fsp3) is 0.731. The summed E-state index contributed by atoms with van der Waals surface area (Å²) in [7, 11) is 0. The Bertz CT molecular complexity index is 819. The van der Waals surface area contributed by atoms with E-state index in [-0.39, 0.29) is 29.1 Å². The van der Waals surface area contributed by atoms with Crippen molar-refractivity contribution in [3.63, 3.8) is 0 Å². The van der Waals surface area contributed by atoms with Crippen molar-refractivity contribution in [2.45, 2.75) is 83.9 Å². The van der Waals surface area contributed by atoms with Crippen molar-refractivity contribution in [2.75, 3.05) is 6.61 Å². The maximum absolute atomic E-state index is 11.1. The third kappa shape index (κ3) is 3.79. The number of rotatable bonds is 5. The maximum Gasteiger partial charge on any atom is 0.229 e. The van der Waals surface area contributed by atoms with E-state index < -0.39 is 30.0 Å². The first-order valence-electron chi connectivity index (χ1n) is 11.9. The number of carbonyl (C=O) groups is 1. The molecule has 0 aromatic carbocycles. The molecule has 0 saturated heterocycles. The predicted octanol–water partition coefficient (Wildman–Crippen LogP) is 3.27. The molecule has 0 aromatic heterocycles. The van der Waals surface area contributed by atoms with Crippen molar-refractivity contribution < 1.29 is 29.6 Å². The van der Waals surface area contributed by atoms with Gasteiger partial charge >= 0.3 is 0 Å². The molecule has 3 N–H and O–H groups in total. The third-order valence-corrected chi connectivity index (χ3v) is 9.16. The summed E-state index contributed by atoms with van der Waals surface area (Å²) in [6.07, 6.45) is 7.81. The summed E-state index contributed by atoms with van der Waals surface area (Å²) in [5.41, 5.74) is 1.21. The molecular weight excluding hydrogens is 408 g/mol. The molecule has 4 rings (SSSR count). The zero-order chi connectivity index (χ0) is 23.3. The average molecular weight is 447 g/mol. The van der Waals surface area contributed by atoms with Gasteiger partial charge in [-0.15, -0.1) is 6.58 Å². The summed E-state index contributed by atoms with van der Waals surface area (Å²) in [6.45, 7) is 11.0. The molecule has 4 aliphatic rings. The number of hydrogen-bond acceptors (Lipinski definition) is 6. The standard InChI is InChI=1S/C26H38O6/c1-5-24(2)10-8-18-16(13-24)6-7-20-25(18,3)11-9-21(29)26(20,4)15-31-23-22(30)19(28)12-17(14-27)32-23/h5-6,12,14,18-23,28-30H,1,7-11,13,15H2,2-4H3/t18?,19?,20?,21-,22?,23?,24-,25+,26+/m0/s1. The first-order chi connectivity index (χ1) is 15.1. The Hall–Kier alpha value is -1.47. The zero-order valence-corrected chi connectivity index (χ0v) is 19.5. The van der Waals surface area contributed by atoms with Gasteiger partial charge in [0.15, 0.2) is 12.0 Å². The van der Waals surface area contributed by atoms with Crippen LogP contribution in [0, 0.1) is 28.1 Å². The molecular formula is C26H38O6. The number of fused-ring (bicyclic) bond motifs is 3. The summed E-state index contributed by atoms with van der Waals surface area (Å²) in [6, 6.07) is 0. The molecule has 2 fully saturated rings. The van der Waals surface area contributed by atoms with E-state index in [4.69, 9.17) is 9.47 Å². The van der Waals surface area contributed by atoms with Gasteiger partial charge in [-0.1, -0.05) is 38.5 Å². The SMILES string of the molecule is C=C[C@@]1(C)CCC2C(=CCC3[C@]2(C)CC[C@H](O)[C@]3(C)COC2OC(C=O)=CC(O)C2O)C1. The Morgan fingerprint density at radius 2 is 1.97 bits per heavy atom. The van der Waals surface area contributed by atoms with E-state index in [1.165, 1.54) is 11.6 Å².